The molecule has 0 spiro atoms. The summed E-state index contributed by atoms with van der Waals surface area (Å²) in [6, 6.07) is 5.05. The number of halogens is 1. The molecule has 2 rings (SSSR count). The van der Waals surface area contributed by atoms with Crippen molar-refractivity contribution in [3.05, 3.63) is 28.8 Å². The zero-order valence-electron chi connectivity index (χ0n) is 10.5. The van der Waals surface area contributed by atoms with E-state index in [2.05, 4.69) is 11.8 Å². The van der Waals surface area contributed by atoms with Gasteiger partial charge in [-0.2, -0.15) is 0 Å². The fraction of sp³-hybridized carbons (Fsp3) is 0.462. The Labute approximate surface area is 112 Å². The van der Waals surface area contributed by atoms with Crippen LogP contribution in [0, 0.1) is 0 Å². The fourth-order valence-corrected chi connectivity index (χ4v) is 2.29. The first-order chi connectivity index (χ1) is 8.61. The van der Waals surface area contributed by atoms with Crippen LogP contribution in [0.4, 0.5) is 5.69 Å². The van der Waals surface area contributed by atoms with Crippen LogP contribution in [0.2, 0.25) is 5.02 Å². The molecule has 18 heavy (non-hydrogen) atoms. The molecule has 2 N–H and O–H groups in total. The number of rotatable bonds is 2. The number of hydrogen-bond donors (Lipinski definition) is 1. The lowest BCUT2D eigenvalue weighted by Crippen LogP contribution is -2.48. The summed E-state index contributed by atoms with van der Waals surface area (Å²) in [7, 11) is 0. The molecule has 1 aromatic rings. The minimum absolute atomic E-state index is 0.0349. The van der Waals surface area contributed by atoms with Crippen molar-refractivity contribution in [2.75, 3.05) is 38.5 Å². The van der Waals surface area contributed by atoms with Gasteiger partial charge in [0.05, 0.1) is 10.7 Å². The minimum Gasteiger partial charge on any atom is -0.398 e. The van der Waals surface area contributed by atoms with Crippen molar-refractivity contribution >= 4 is 23.2 Å². The van der Waals surface area contributed by atoms with E-state index in [1.54, 1.807) is 18.2 Å². The number of nitrogens with zero attached hydrogens (tertiary/aromatic N) is 2. The molecule has 1 fully saturated rings. The zero-order chi connectivity index (χ0) is 13.1. The van der Waals surface area contributed by atoms with Gasteiger partial charge in [-0.15, -0.1) is 0 Å². The van der Waals surface area contributed by atoms with E-state index < -0.39 is 0 Å². The number of amides is 1. The third kappa shape index (κ3) is 2.76. The molecule has 0 unspecified atom stereocenters. The molecule has 0 aromatic heterocycles. The van der Waals surface area contributed by atoms with E-state index in [0.29, 0.717) is 16.3 Å². The van der Waals surface area contributed by atoms with Gasteiger partial charge < -0.3 is 15.5 Å². The highest BCUT2D eigenvalue weighted by Crippen LogP contribution is 2.20. The lowest BCUT2D eigenvalue weighted by Gasteiger charge is -2.34. The maximum Gasteiger partial charge on any atom is 0.253 e. The molecule has 1 saturated heterocycles. The molecule has 0 saturated carbocycles. The molecule has 1 aliphatic rings. The fourth-order valence-electron chi connectivity index (χ4n) is 2.11. The summed E-state index contributed by atoms with van der Waals surface area (Å²) < 4.78 is 0. The van der Waals surface area contributed by atoms with E-state index in [-0.39, 0.29) is 5.91 Å². The average Bonchev–Trinajstić information content (AvgIpc) is 2.41. The quantitative estimate of drug-likeness (QED) is 0.830. The molecular formula is C13H18ClN3O. The van der Waals surface area contributed by atoms with Crippen LogP contribution in [0.3, 0.4) is 0 Å². The number of likely N-dealkylation sites (N-methyl/N-ethyl adjacent to an activating group) is 1. The summed E-state index contributed by atoms with van der Waals surface area (Å²) >= 11 is 5.94. The van der Waals surface area contributed by atoms with Gasteiger partial charge in [0, 0.05) is 31.7 Å². The molecule has 1 aliphatic heterocycles. The van der Waals surface area contributed by atoms with Gasteiger partial charge in [-0.05, 0) is 24.7 Å². The predicted molar refractivity (Wildman–Crippen MR) is 73.9 cm³/mol. The molecule has 98 valence electrons. The average molecular weight is 268 g/mol. The van der Waals surface area contributed by atoms with Crippen LogP contribution in [0.15, 0.2) is 18.2 Å². The van der Waals surface area contributed by atoms with Crippen molar-refractivity contribution < 1.29 is 4.79 Å². The lowest BCUT2D eigenvalue weighted by atomic mass is 10.1. The van der Waals surface area contributed by atoms with Gasteiger partial charge in [-0.25, -0.2) is 0 Å². The molecule has 0 bridgehead atoms. The third-order valence-corrected chi connectivity index (χ3v) is 3.68. The van der Waals surface area contributed by atoms with E-state index >= 15 is 0 Å². The summed E-state index contributed by atoms with van der Waals surface area (Å²) in [5.41, 5.74) is 6.75. The van der Waals surface area contributed by atoms with Crippen LogP contribution >= 0.6 is 11.6 Å². The van der Waals surface area contributed by atoms with Crippen LogP contribution in [0.1, 0.15) is 17.3 Å². The van der Waals surface area contributed by atoms with Crippen LogP contribution < -0.4 is 5.73 Å². The first-order valence-corrected chi connectivity index (χ1v) is 6.56. The number of piperazine rings is 1. The summed E-state index contributed by atoms with van der Waals surface area (Å²) in [5, 5.41) is 0.438. The van der Waals surface area contributed by atoms with Crippen LogP contribution in [0.5, 0.6) is 0 Å². The molecule has 0 aliphatic carbocycles. The van der Waals surface area contributed by atoms with Gasteiger partial charge in [0.1, 0.15) is 0 Å². The molecule has 1 aromatic carbocycles. The molecular weight excluding hydrogens is 250 g/mol. The Morgan fingerprint density at radius 2 is 2.00 bits per heavy atom. The molecule has 1 amide bonds. The molecule has 5 heteroatoms. The van der Waals surface area contributed by atoms with E-state index in [4.69, 9.17) is 17.3 Å². The zero-order valence-corrected chi connectivity index (χ0v) is 11.3. The van der Waals surface area contributed by atoms with Gasteiger partial charge in [0.15, 0.2) is 0 Å². The van der Waals surface area contributed by atoms with E-state index in [0.717, 1.165) is 32.7 Å². The number of anilines is 1. The first-order valence-electron chi connectivity index (χ1n) is 6.18. The maximum absolute atomic E-state index is 12.3. The predicted octanol–water partition coefficient (Wildman–Crippen LogP) is 1.70. The standard InChI is InChI=1S/C13H18ClN3O/c1-2-16-5-7-17(8-6-16)13(18)10-3-4-12(15)11(14)9-10/h3-4,9H,2,5-8,15H2,1H3. The highest BCUT2D eigenvalue weighted by molar-refractivity contribution is 6.33. The van der Waals surface area contributed by atoms with Gasteiger partial charge in [0.25, 0.3) is 5.91 Å². The van der Waals surface area contributed by atoms with Crippen molar-refractivity contribution in [3.63, 3.8) is 0 Å². The van der Waals surface area contributed by atoms with Gasteiger partial charge >= 0.3 is 0 Å². The molecule has 0 atom stereocenters. The molecule has 1 heterocycles. The number of hydrogen-bond acceptors (Lipinski definition) is 3. The van der Waals surface area contributed by atoms with Gasteiger partial charge in [-0.3, -0.25) is 4.79 Å². The van der Waals surface area contributed by atoms with E-state index in [9.17, 15) is 4.79 Å². The Morgan fingerprint density at radius 3 is 2.56 bits per heavy atom. The van der Waals surface area contributed by atoms with Crippen molar-refractivity contribution in [1.29, 1.82) is 0 Å². The van der Waals surface area contributed by atoms with Crippen molar-refractivity contribution in [2.24, 2.45) is 0 Å². The number of carbonyl (C=O) groups is 1. The highest BCUT2D eigenvalue weighted by Gasteiger charge is 2.21. The summed E-state index contributed by atoms with van der Waals surface area (Å²) in [4.78, 5) is 16.5. The maximum atomic E-state index is 12.3. The number of nitrogen functional groups attached to an aromatic ring is 1. The Morgan fingerprint density at radius 1 is 1.33 bits per heavy atom. The van der Waals surface area contributed by atoms with Crippen LogP contribution in [-0.2, 0) is 0 Å². The minimum atomic E-state index is 0.0349. The summed E-state index contributed by atoms with van der Waals surface area (Å²) in [6.07, 6.45) is 0. The lowest BCUT2D eigenvalue weighted by molar-refractivity contribution is 0.0643. The SMILES string of the molecule is CCN1CCN(C(=O)c2ccc(N)c(Cl)c2)CC1. The summed E-state index contributed by atoms with van der Waals surface area (Å²) in [5.74, 6) is 0.0349. The molecule has 4 nitrogen and oxygen atoms in total. The second kappa shape index (κ2) is 5.59. The number of benzene rings is 1. The number of carbonyl (C=O) groups excluding carboxylic acids is 1. The van der Waals surface area contributed by atoms with Crippen molar-refractivity contribution in [1.82, 2.24) is 9.80 Å². The Balaban J connectivity index is 2.05. The van der Waals surface area contributed by atoms with Crippen LogP contribution in [-0.4, -0.2) is 48.4 Å². The largest absolute Gasteiger partial charge is 0.398 e. The Kier molecular flexibility index (Phi) is 4.09. The summed E-state index contributed by atoms with van der Waals surface area (Å²) in [6.45, 7) is 6.59. The second-order valence-electron chi connectivity index (χ2n) is 4.46. The normalized spacial score (nSPS) is 16.9. The highest BCUT2D eigenvalue weighted by atomic mass is 35.5. The second-order valence-corrected chi connectivity index (χ2v) is 4.87. The van der Waals surface area contributed by atoms with Gasteiger partial charge in [0.2, 0.25) is 0 Å². The van der Waals surface area contributed by atoms with Crippen molar-refractivity contribution in [2.45, 2.75) is 6.92 Å². The monoisotopic (exact) mass is 267 g/mol. The van der Waals surface area contributed by atoms with Crippen LogP contribution in [0.25, 0.3) is 0 Å². The smallest absolute Gasteiger partial charge is 0.253 e. The number of nitrogens with two attached hydrogens (primary N) is 1. The third-order valence-electron chi connectivity index (χ3n) is 3.35. The van der Waals surface area contributed by atoms with Crippen molar-refractivity contribution in [3.8, 4) is 0 Å². The Bertz CT molecular complexity index is 442. The first kappa shape index (κ1) is 13.2. The topological polar surface area (TPSA) is 49.6 Å². The van der Waals surface area contributed by atoms with Gasteiger partial charge in [-0.1, -0.05) is 18.5 Å². The van der Waals surface area contributed by atoms with E-state index in [1.165, 1.54) is 0 Å². The van der Waals surface area contributed by atoms with E-state index in [1.807, 2.05) is 4.90 Å². The molecule has 0 radical (unpaired) electrons. The Hall–Kier alpha value is -1.26.